The molecule has 0 saturated heterocycles. The highest BCUT2D eigenvalue weighted by molar-refractivity contribution is 7.17. The summed E-state index contributed by atoms with van der Waals surface area (Å²) in [6.45, 7) is 0. The molecule has 0 aliphatic rings. The molecule has 0 spiro atoms. The van der Waals surface area contributed by atoms with Crippen molar-refractivity contribution < 1.29 is 13.9 Å². The summed E-state index contributed by atoms with van der Waals surface area (Å²) in [4.78, 5) is 15.6. The summed E-state index contributed by atoms with van der Waals surface area (Å²) in [5, 5.41) is 2.71. The summed E-state index contributed by atoms with van der Waals surface area (Å²) < 4.78 is 20.0. The maximum atomic E-state index is 13.7. The van der Waals surface area contributed by atoms with Crippen molar-refractivity contribution >= 4 is 33.3 Å². The maximum absolute atomic E-state index is 13.7. The van der Waals surface area contributed by atoms with Crippen LogP contribution in [0.1, 0.15) is 10.4 Å². The molecule has 122 valence electrons. The van der Waals surface area contributed by atoms with Gasteiger partial charge in [-0.2, -0.15) is 4.99 Å². The number of methoxy groups -OCH3 is 1. The lowest BCUT2D eigenvalue weighted by atomic mass is 10.0. The second-order valence-corrected chi connectivity index (χ2v) is 5.96. The lowest BCUT2D eigenvalue weighted by Crippen LogP contribution is -2.24. The molecule has 0 aliphatic heterocycles. The first-order chi connectivity index (χ1) is 11.5. The van der Waals surface area contributed by atoms with Crippen molar-refractivity contribution in [3.05, 3.63) is 53.2 Å². The number of rotatable bonds is 3. The Labute approximate surface area is 141 Å². The minimum absolute atomic E-state index is 0.294. The third kappa shape index (κ3) is 2.93. The van der Waals surface area contributed by atoms with Gasteiger partial charge in [0, 0.05) is 26.8 Å². The Morgan fingerprint density at radius 3 is 2.67 bits per heavy atom. The van der Waals surface area contributed by atoms with Gasteiger partial charge in [0.05, 0.1) is 7.11 Å². The monoisotopic (exact) mass is 343 g/mol. The molecule has 24 heavy (non-hydrogen) atoms. The largest absolute Gasteiger partial charge is 0.496 e. The van der Waals surface area contributed by atoms with Gasteiger partial charge >= 0.3 is 0 Å². The zero-order chi connectivity index (χ0) is 17.3. The Morgan fingerprint density at radius 1 is 1.17 bits per heavy atom. The van der Waals surface area contributed by atoms with E-state index < -0.39 is 5.91 Å². The van der Waals surface area contributed by atoms with Gasteiger partial charge in [-0.15, -0.1) is 11.3 Å². The van der Waals surface area contributed by atoms with Crippen LogP contribution < -0.4 is 16.2 Å². The summed E-state index contributed by atoms with van der Waals surface area (Å²) in [5.41, 5.74) is 12.3. The summed E-state index contributed by atoms with van der Waals surface area (Å²) >= 11 is 1.49. The Bertz CT molecular complexity index is 962. The van der Waals surface area contributed by atoms with Gasteiger partial charge in [0.25, 0.3) is 5.91 Å². The molecule has 3 aromatic rings. The average Bonchev–Trinajstić information content (AvgIpc) is 2.97. The number of nitrogens with zero attached hydrogens (tertiary/aromatic N) is 1. The predicted octanol–water partition coefficient (Wildman–Crippen LogP) is 3.13. The van der Waals surface area contributed by atoms with Crippen LogP contribution in [0.15, 0.2) is 46.8 Å². The molecule has 1 aromatic heterocycles. The Kier molecular flexibility index (Phi) is 4.18. The van der Waals surface area contributed by atoms with E-state index in [2.05, 4.69) is 4.99 Å². The van der Waals surface area contributed by atoms with Crippen LogP contribution in [0.4, 0.5) is 4.39 Å². The SMILES string of the molecule is COc1ccc(F)cc1-c1csc2ccc(C(=O)N=C(N)N)cc12. The Hall–Kier alpha value is -2.93. The number of amides is 1. The summed E-state index contributed by atoms with van der Waals surface area (Å²) in [5.74, 6) is -0.632. The number of halogens is 1. The normalized spacial score (nSPS) is 10.6. The van der Waals surface area contributed by atoms with E-state index in [0.717, 1.165) is 15.6 Å². The quantitative estimate of drug-likeness (QED) is 0.565. The van der Waals surface area contributed by atoms with E-state index >= 15 is 0 Å². The van der Waals surface area contributed by atoms with E-state index in [1.54, 1.807) is 18.2 Å². The number of carbonyl (C=O) groups is 1. The zero-order valence-electron chi connectivity index (χ0n) is 12.7. The van der Waals surface area contributed by atoms with Gasteiger partial charge in [-0.3, -0.25) is 4.79 Å². The fraction of sp³-hybridized carbons (Fsp3) is 0.0588. The minimum atomic E-state index is -0.528. The van der Waals surface area contributed by atoms with Gasteiger partial charge in [0.1, 0.15) is 11.6 Å². The van der Waals surface area contributed by atoms with Crippen molar-refractivity contribution in [2.45, 2.75) is 0 Å². The van der Waals surface area contributed by atoms with Crippen molar-refractivity contribution in [3.63, 3.8) is 0 Å². The number of hydrogen-bond acceptors (Lipinski definition) is 3. The van der Waals surface area contributed by atoms with Crippen LogP contribution in [0.2, 0.25) is 0 Å². The van der Waals surface area contributed by atoms with Crippen LogP contribution in [0.3, 0.4) is 0 Å². The molecule has 1 amide bonds. The van der Waals surface area contributed by atoms with Gasteiger partial charge in [-0.05, 0) is 41.8 Å². The number of aliphatic imine (C=N–C) groups is 1. The molecular formula is C17H14FN3O2S. The molecule has 0 radical (unpaired) electrons. The minimum Gasteiger partial charge on any atom is -0.496 e. The third-order valence-corrected chi connectivity index (χ3v) is 4.47. The van der Waals surface area contributed by atoms with E-state index in [4.69, 9.17) is 16.2 Å². The number of carbonyl (C=O) groups excluding carboxylic acids is 1. The molecule has 0 aliphatic carbocycles. The molecule has 4 N–H and O–H groups in total. The molecule has 0 unspecified atom stereocenters. The molecular weight excluding hydrogens is 329 g/mol. The van der Waals surface area contributed by atoms with Crippen LogP contribution in [0.5, 0.6) is 5.75 Å². The molecule has 3 rings (SSSR count). The molecule has 0 fully saturated rings. The van der Waals surface area contributed by atoms with Crippen molar-refractivity contribution in [2.24, 2.45) is 16.5 Å². The van der Waals surface area contributed by atoms with Gasteiger partial charge in [0.15, 0.2) is 5.96 Å². The van der Waals surface area contributed by atoms with Crippen LogP contribution in [0, 0.1) is 5.82 Å². The second kappa shape index (κ2) is 6.29. The molecule has 2 aromatic carbocycles. The smallest absolute Gasteiger partial charge is 0.280 e. The Morgan fingerprint density at radius 2 is 1.96 bits per heavy atom. The molecule has 0 bridgehead atoms. The summed E-state index contributed by atoms with van der Waals surface area (Å²) in [6.07, 6.45) is 0. The third-order valence-electron chi connectivity index (χ3n) is 3.50. The molecule has 1 heterocycles. The predicted molar refractivity (Wildman–Crippen MR) is 93.9 cm³/mol. The topological polar surface area (TPSA) is 90.7 Å². The number of ether oxygens (including phenoxy) is 1. The first-order valence-corrected chi connectivity index (χ1v) is 7.86. The van der Waals surface area contributed by atoms with Crippen LogP contribution in [0.25, 0.3) is 21.2 Å². The average molecular weight is 343 g/mol. The fourth-order valence-electron chi connectivity index (χ4n) is 2.44. The standard InChI is InChI=1S/C17H14FN3O2S/c1-23-14-4-3-10(18)7-11(14)13-8-24-15-5-2-9(6-12(13)15)16(22)21-17(19)20/h2-8H,1H3,(H4,19,20,21,22). The Balaban J connectivity index is 2.18. The molecule has 7 heteroatoms. The van der Waals surface area contributed by atoms with Gasteiger partial charge in [-0.1, -0.05) is 0 Å². The van der Waals surface area contributed by atoms with E-state index in [-0.39, 0.29) is 11.8 Å². The highest BCUT2D eigenvalue weighted by Crippen LogP contribution is 2.39. The van der Waals surface area contributed by atoms with Crippen LogP contribution in [-0.2, 0) is 0 Å². The van der Waals surface area contributed by atoms with E-state index in [1.807, 2.05) is 11.4 Å². The van der Waals surface area contributed by atoms with Crippen LogP contribution >= 0.6 is 11.3 Å². The lowest BCUT2D eigenvalue weighted by Gasteiger charge is -2.08. The van der Waals surface area contributed by atoms with E-state index in [0.29, 0.717) is 16.9 Å². The summed E-state index contributed by atoms with van der Waals surface area (Å²) in [7, 11) is 1.53. The summed E-state index contributed by atoms with van der Waals surface area (Å²) in [6, 6.07) is 9.48. The van der Waals surface area contributed by atoms with Crippen LogP contribution in [-0.4, -0.2) is 19.0 Å². The van der Waals surface area contributed by atoms with Gasteiger partial charge in [-0.25, -0.2) is 4.39 Å². The van der Waals surface area contributed by atoms with Crippen molar-refractivity contribution in [3.8, 4) is 16.9 Å². The molecule has 0 atom stereocenters. The van der Waals surface area contributed by atoms with Gasteiger partial charge in [0.2, 0.25) is 0 Å². The number of thiophene rings is 1. The van der Waals surface area contributed by atoms with Crippen molar-refractivity contribution in [1.82, 2.24) is 0 Å². The first kappa shape index (κ1) is 15.9. The van der Waals surface area contributed by atoms with Crippen molar-refractivity contribution in [2.75, 3.05) is 7.11 Å². The highest BCUT2D eigenvalue weighted by atomic mass is 32.1. The number of nitrogens with two attached hydrogens (primary N) is 2. The molecule has 5 nitrogen and oxygen atoms in total. The van der Waals surface area contributed by atoms with Gasteiger partial charge < -0.3 is 16.2 Å². The van der Waals surface area contributed by atoms with E-state index in [9.17, 15) is 9.18 Å². The lowest BCUT2D eigenvalue weighted by molar-refractivity contribution is 0.100. The number of guanidine groups is 1. The number of benzene rings is 2. The van der Waals surface area contributed by atoms with E-state index in [1.165, 1.54) is 30.6 Å². The highest BCUT2D eigenvalue weighted by Gasteiger charge is 2.14. The molecule has 0 saturated carbocycles. The fourth-order valence-corrected chi connectivity index (χ4v) is 3.38. The first-order valence-electron chi connectivity index (χ1n) is 6.98. The zero-order valence-corrected chi connectivity index (χ0v) is 13.6. The number of hydrogen-bond donors (Lipinski definition) is 2. The van der Waals surface area contributed by atoms with Crippen molar-refractivity contribution in [1.29, 1.82) is 0 Å². The maximum Gasteiger partial charge on any atom is 0.280 e. The number of fused-ring (bicyclic) bond motifs is 1. The second-order valence-electron chi connectivity index (χ2n) is 5.05.